The molecule has 0 radical (unpaired) electrons. The van der Waals surface area contributed by atoms with Crippen molar-refractivity contribution in [2.45, 2.75) is 12.8 Å². The van der Waals surface area contributed by atoms with E-state index in [9.17, 15) is 0 Å². The molecule has 0 bridgehead atoms. The molecule has 0 fully saturated rings. The number of aromatic nitrogens is 3. The highest BCUT2D eigenvalue weighted by Crippen LogP contribution is 2.16. The zero-order valence-corrected chi connectivity index (χ0v) is 11.8. The number of benzene rings is 2. The van der Waals surface area contributed by atoms with Crippen LogP contribution in [0.25, 0.3) is 11.4 Å². The standard InChI is InChI=1S/C17H16N4/c1-14(15-8-4-2-5-9-15)12-19-21-13-18-20-17(21)16-10-6-3-7-11-16/h2-14H,1H3/b19-12-/t14-/m1/s1. The van der Waals surface area contributed by atoms with Gasteiger partial charge in [0.2, 0.25) is 0 Å². The molecule has 0 aliphatic carbocycles. The van der Waals surface area contributed by atoms with E-state index in [0.29, 0.717) is 0 Å². The van der Waals surface area contributed by atoms with E-state index < -0.39 is 0 Å². The highest BCUT2D eigenvalue weighted by Gasteiger charge is 2.06. The molecule has 2 aromatic carbocycles. The molecular weight excluding hydrogens is 260 g/mol. The molecule has 21 heavy (non-hydrogen) atoms. The Hall–Kier alpha value is -2.75. The quantitative estimate of drug-likeness (QED) is 0.683. The largest absolute Gasteiger partial charge is 0.200 e. The Morgan fingerprint density at radius 3 is 2.38 bits per heavy atom. The summed E-state index contributed by atoms with van der Waals surface area (Å²) in [5, 5.41) is 12.6. The molecule has 0 aliphatic heterocycles. The van der Waals surface area contributed by atoms with Crippen molar-refractivity contribution in [3.05, 3.63) is 72.6 Å². The van der Waals surface area contributed by atoms with Gasteiger partial charge in [-0.15, -0.1) is 10.2 Å². The summed E-state index contributed by atoms with van der Waals surface area (Å²) in [5.41, 5.74) is 2.23. The van der Waals surface area contributed by atoms with Gasteiger partial charge in [0.1, 0.15) is 6.33 Å². The fourth-order valence-electron chi connectivity index (χ4n) is 2.11. The molecule has 1 heterocycles. The molecule has 0 aliphatic rings. The normalized spacial score (nSPS) is 12.6. The summed E-state index contributed by atoms with van der Waals surface area (Å²) in [4.78, 5) is 0. The molecule has 0 saturated carbocycles. The van der Waals surface area contributed by atoms with E-state index in [1.165, 1.54) is 5.56 Å². The molecule has 1 aromatic heterocycles. The zero-order chi connectivity index (χ0) is 14.5. The summed E-state index contributed by atoms with van der Waals surface area (Å²) in [6.07, 6.45) is 3.53. The molecule has 3 rings (SSSR count). The lowest BCUT2D eigenvalue weighted by molar-refractivity contribution is 0.870. The molecule has 104 valence electrons. The van der Waals surface area contributed by atoms with E-state index in [0.717, 1.165) is 11.4 Å². The minimum absolute atomic E-state index is 0.234. The Labute approximate surface area is 123 Å². The lowest BCUT2D eigenvalue weighted by atomic mass is 10.0. The third-order valence-electron chi connectivity index (χ3n) is 3.30. The molecule has 4 heteroatoms. The number of rotatable bonds is 4. The average molecular weight is 276 g/mol. The number of nitrogens with zero attached hydrogens (tertiary/aromatic N) is 4. The second-order valence-electron chi connectivity index (χ2n) is 4.83. The van der Waals surface area contributed by atoms with Crippen LogP contribution in [0.2, 0.25) is 0 Å². The lowest BCUT2D eigenvalue weighted by Gasteiger charge is -2.06. The highest BCUT2D eigenvalue weighted by atomic mass is 15.4. The maximum Gasteiger partial charge on any atom is 0.184 e. The first kappa shape index (κ1) is 13.2. The minimum Gasteiger partial charge on any atom is -0.200 e. The number of hydrogen-bond donors (Lipinski definition) is 0. The summed E-state index contributed by atoms with van der Waals surface area (Å²) in [6.45, 7) is 2.12. The van der Waals surface area contributed by atoms with Crippen LogP contribution >= 0.6 is 0 Å². The fourth-order valence-corrected chi connectivity index (χ4v) is 2.11. The zero-order valence-electron chi connectivity index (χ0n) is 11.8. The van der Waals surface area contributed by atoms with Crippen molar-refractivity contribution in [1.82, 2.24) is 14.9 Å². The van der Waals surface area contributed by atoms with Crippen molar-refractivity contribution in [3.8, 4) is 11.4 Å². The van der Waals surface area contributed by atoms with Gasteiger partial charge in [-0.2, -0.15) is 5.10 Å². The van der Waals surface area contributed by atoms with Gasteiger partial charge in [-0.1, -0.05) is 67.6 Å². The molecule has 0 N–H and O–H groups in total. The highest BCUT2D eigenvalue weighted by molar-refractivity contribution is 5.67. The predicted molar refractivity (Wildman–Crippen MR) is 84.2 cm³/mol. The topological polar surface area (TPSA) is 43.1 Å². The van der Waals surface area contributed by atoms with Crippen LogP contribution in [0.4, 0.5) is 0 Å². The van der Waals surface area contributed by atoms with Gasteiger partial charge in [-0.05, 0) is 5.56 Å². The lowest BCUT2D eigenvalue weighted by Crippen LogP contribution is -1.98. The summed E-state index contributed by atoms with van der Waals surface area (Å²) < 4.78 is 1.70. The van der Waals surface area contributed by atoms with Crippen LogP contribution < -0.4 is 0 Å². The SMILES string of the molecule is C[C@H](/C=N\n1cnnc1-c1ccccc1)c1ccccc1. The van der Waals surface area contributed by atoms with Gasteiger partial charge in [0.15, 0.2) is 5.82 Å². The maximum absolute atomic E-state index is 4.49. The van der Waals surface area contributed by atoms with Crippen molar-refractivity contribution >= 4 is 6.21 Å². The van der Waals surface area contributed by atoms with Gasteiger partial charge in [-0.25, -0.2) is 4.68 Å². The Morgan fingerprint density at radius 2 is 1.67 bits per heavy atom. The van der Waals surface area contributed by atoms with Gasteiger partial charge >= 0.3 is 0 Å². The Balaban J connectivity index is 1.83. The Bertz CT molecular complexity index is 717. The van der Waals surface area contributed by atoms with Crippen LogP contribution in [0, 0.1) is 0 Å². The van der Waals surface area contributed by atoms with Crippen molar-refractivity contribution in [2.75, 3.05) is 0 Å². The van der Waals surface area contributed by atoms with Crippen molar-refractivity contribution in [3.63, 3.8) is 0 Å². The van der Waals surface area contributed by atoms with E-state index in [4.69, 9.17) is 0 Å². The van der Waals surface area contributed by atoms with Gasteiger partial charge < -0.3 is 0 Å². The second-order valence-corrected chi connectivity index (χ2v) is 4.83. The summed E-state index contributed by atoms with van der Waals surface area (Å²) in [5.74, 6) is 0.976. The third-order valence-corrected chi connectivity index (χ3v) is 3.30. The first-order chi connectivity index (χ1) is 10.3. The average Bonchev–Trinajstić information content (AvgIpc) is 3.03. The minimum atomic E-state index is 0.234. The Morgan fingerprint density at radius 1 is 1.00 bits per heavy atom. The van der Waals surface area contributed by atoms with Gasteiger partial charge in [0.05, 0.1) is 0 Å². The van der Waals surface area contributed by atoms with Gasteiger partial charge in [0, 0.05) is 17.7 Å². The third kappa shape index (κ3) is 3.05. The van der Waals surface area contributed by atoms with Crippen LogP contribution in [-0.4, -0.2) is 21.1 Å². The molecule has 1 atom stereocenters. The molecule has 3 aromatic rings. The van der Waals surface area contributed by atoms with Gasteiger partial charge in [-0.3, -0.25) is 0 Å². The van der Waals surface area contributed by atoms with Gasteiger partial charge in [0.25, 0.3) is 0 Å². The van der Waals surface area contributed by atoms with Crippen LogP contribution in [-0.2, 0) is 0 Å². The summed E-state index contributed by atoms with van der Waals surface area (Å²) in [7, 11) is 0. The van der Waals surface area contributed by atoms with Crippen LogP contribution in [0.3, 0.4) is 0 Å². The van der Waals surface area contributed by atoms with Crippen molar-refractivity contribution in [2.24, 2.45) is 5.10 Å². The summed E-state index contributed by atoms with van der Waals surface area (Å²) in [6, 6.07) is 20.2. The second kappa shape index (κ2) is 6.13. The molecule has 4 nitrogen and oxygen atoms in total. The van der Waals surface area contributed by atoms with E-state index >= 15 is 0 Å². The van der Waals surface area contributed by atoms with E-state index in [1.807, 2.05) is 54.7 Å². The van der Waals surface area contributed by atoms with Crippen molar-refractivity contribution in [1.29, 1.82) is 0 Å². The molecule has 0 unspecified atom stereocenters. The first-order valence-corrected chi connectivity index (χ1v) is 6.89. The maximum atomic E-state index is 4.49. The fraction of sp³-hybridized carbons (Fsp3) is 0.118. The smallest absolute Gasteiger partial charge is 0.184 e. The first-order valence-electron chi connectivity index (χ1n) is 6.89. The molecular formula is C17H16N4. The van der Waals surface area contributed by atoms with E-state index in [2.05, 4.69) is 34.4 Å². The number of hydrogen-bond acceptors (Lipinski definition) is 3. The van der Waals surface area contributed by atoms with Crippen LogP contribution in [0.15, 0.2) is 72.1 Å². The molecule has 0 spiro atoms. The van der Waals surface area contributed by atoms with E-state index in [1.54, 1.807) is 11.0 Å². The van der Waals surface area contributed by atoms with E-state index in [-0.39, 0.29) is 5.92 Å². The predicted octanol–water partition coefficient (Wildman–Crippen LogP) is 3.58. The Kier molecular flexibility index (Phi) is 3.87. The van der Waals surface area contributed by atoms with Crippen molar-refractivity contribution < 1.29 is 0 Å². The monoisotopic (exact) mass is 276 g/mol. The van der Waals surface area contributed by atoms with Crippen LogP contribution in [0.5, 0.6) is 0 Å². The van der Waals surface area contributed by atoms with Crippen LogP contribution in [0.1, 0.15) is 18.4 Å². The summed E-state index contributed by atoms with van der Waals surface area (Å²) >= 11 is 0. The molecule has 0 saturated heterocycles. The molecule has 0 amide bonds.